The van der Waals surface area contributed by atoms with E-state index in [0.29, 0.717) is 5.92 Å². The van der Waals surface area contributed by atoms with Crippen LogP contribution in [0.1, 0.15) is 38.2 Å². The first-order valence-electron chi connectivity index (χ1n) is 7.57. The van der Waals surface area contributed by atoms with E-state index in [0.717, 1.165) is 56.4 Å². The minimum Gasteiger partial charge on any atom is -0.393 e. The highest BCUT2D eigenvalue weighted by Crippen LogP contribution is 2.21. The maximum atomic E-state index is 9.65. The van der Waals surface area contributed by atoms with E-state index in [2.05, 4.69) is 27.1 Å². The molecule has 0 aromatic carbocycles. The highest BCUT2D eigenvalue weighted by molar-refractivity contribution is 5.35. The molecular weight excluding hydrogens is 252 g/mol. The Bertz CT molecular complexity index is 436. The molecule has 0 saturated carbocycles. The zero-order valence-corrected chi connectivity index (χ0v) is 12.8. The van der Waals surface area contributed by atoms with Gasteiger partial charge in [-0.2, -0.15) is 0 Å². The van der Waals surface area contributed by atoms with Gasteiger partial charge in [0, 0.05) is 24.8 Å². The quantitative estimate of drug-likeness (QED) is 0.831. The van der Waals surface area contributed by atoms with Crippen LogP contribution in [0.3, 0.4) is 0 Å². The predicted octanol–water partition coefficient (Wildman–Crippen LogP) is 1.81. The van der Waals surface area contributed by atoms with Crippen molar-refractivity contribution in [3.8, 4) is 0 Å². The van der Waals surface area contributed by atoms with Gasteiger partial charge >= 0.3 is 0 Å². The Balaban J connectivity index is 1.97. The lowest BCUT2D eigenvalue weighted by atomic mass is 10.0. The average molecular weight is 278 g/mol. The predicted molar refractivity (Wildman–Crippen MR) is 80.6 cm³/mol. The molecule has 0 aliphatic carbocycles. The lowest BCUT2D eigenvalue weighted by Crippen LogP contribution is -2.25. The SMILES string of the molecule is CCCNc1cc(C)nc(CN2CCC(C(C)O)C2)n1. The molecule has 2 rings (SSSR count). The maximum Gasteiger partial charge on any atom is 0.144 e. The number of hydrogen-bond acceptors (Lipinski definition) is 5. The standard InChI is InChI=1S/C15H26N4O/c1-4-6-16-14-8-11(2)17-15(18-14)10-19-7-5-13(9-19)12(3)20/h8,12-13,20H,4-7,9-10H2,1-3H3,(H,16,17,18). The molecule has 1 aliphatic heterocycles. The number of aliphatic hydroxyl groups is 1. The van der Waals surface area contributed by atoms with Crippen molar-refractivity contribution in [1.82, 2.24) is 14.9 Å². The number of nitrogens with one attached hydrogen (secondary N) is 1. The van der Waals surface area contributed by atoms with Crippen molar-refractivity contribution in [2.24, 2.45) is 5.92 Å². The van der Waals surface area contributed by atoms with Gasteiger partial charge in [-0.1, -0.05) is 6.92 Å². The van der Waals surface area contributed by atoms with Gasteiger partial charge in [-0.05, 0) is 39.2 Å². The number of hydrogen-bond donors (Lipinski definition) is 2. The normalized spacial score (nSPS) is 21.1. The van der Waals surface area contributed by atoms with Gasteiger partial charge in [0.05, 0.1) is 12.6 Å². The molecule has 2 N–H and O–H groups in total. The maximum absolute atomic E-state index is 9.65. The van der Waals surface area contributed by atoms with Gasteiger partial charge in [-0.3, -0.25) is 4.90 Å². The van der Waals surface area contributed by atoms with Crippen LogP contribution in [0.5, 0.6) is 0 Å². The first kappa shape index (κ1) is 15.2. The second kappa shape index (κ2) is 6.99. The minimum atomic E-state index is -0.222. The largest absolute Gasteiger partial charge is 0.393 e. The van der Waals surface area contributed by atoms with E-state index in [4.69, 9.17) is 0 Å². The fourth-order valence-electron chi connectivity index (χ4n) is 2.64. The Hall–Kier alpha value is -1.20. The molecule has 0 amide bonds. The second-order valence-electron chi connectivity index (χ2n) is 5.76. The summed E-state index contributed by atoms with van der Waals surface area (Å²) in [6.45, 7) is 9.68. The van der Waals surface area contributed by atoms with E-state index in [-0.39, 0.29) is 6.10 Å². The molecule has 1 aromatic rings. The molecule has 2 atom stereocenters. The minimum absolute atomic E-state index is 0.222. The second-order valence-corrected chi connectivity index (χ2v) is 5.76. The van der Waals surface area contributed by atoms with E-state index in [1.807, 2.05) is 19.9 Å². The number of aromatic nitrogens is 2. The van der Waals surface area contributed by atoms with Crippen LogP contribution < -0.4 is 5.32 Å². The molecule has 0 radical (unpaired) electrons. The van der Waals surface area contributed by atoms with Crippen LogP contribution in [-0.2, 0) is 6.54 Å². The van der Waals surface area contributed by atoms with Crippen LogP contribution in [0.2, 0.25) is 0 Å². The van der Waals surface area contributed by atoms with Crippen molar-refractivity contribution in [2.75, 3.05) is 25.0 Å². The lowest BCUT2D eigenvalue weighted by molar-refractivity contribution is 0.127. The van der Waals surface area contributed by atoms with E-state index >= 15 is 0 Å². The highest BCUT2D eigenvalue weighted by atomic mass is 16.3. The molecule has 20 heavy (non-hydrogen) atoms. The van der Waals surface area contributed by atoms with Gasteiger partial charge in [-0.15, -0.1) is 0 Å². The average Bonchev–Trinajstić information content (AvgIpc) is 2.84. The first-order chi connectivity index (χ1) is 9.58. The van der Waals surface area contributed by atoms with Crippen molar-refractivity contribution >= 4 is 5.82 Å². The summed E-state index contributed by atoms with van der Waals surface area (Å²) in [6, 6.07) is 1.99. The number of likely N-dealkylation sites (tertiary alicyclic amines) is 1. The first-order valence-corrected chi connectivity index (χ1v) is 7.57. The summed E-state index contributed by atoms with van der Waals surface area (Å²) in [5, 5.41) is 13.0. The topological polar surface area (TPSA) is 61.3 Å². The molecule has 2 unspecified atom stereocenters. The Morgan fingerprint density at radius 2 is 2.30 bits per heavy atom. The third-order valence-corrected chi connectivity index (χ3v) is 3.81. The van der Waals surface area contributed by atoms with Crippen molar-refractivity contribution in [1.29, 1.82) is 0 Å². The number of nitrogens with zero attached hydrogens (tertiary/aromatic N) is 3. The summed E-state index contributed by atoms with van der Waals surface area (Å²) >= 11 is 0. The van der Waals surface area contributed by atoms with E-state index < -0.39 is 0 Å². The highest BCUT2D eigenvalue weighted by Gasteiger charge is 2.26. The number of rotatable bonds is 6. The van der Waals surface area contributed by atoms with Crippen LogP contribution in [-0.4, -0.2) is 45.7 Å². The van der Waals surface area contributed by atoms with Crippen molar-refractivity contribution in [3.05, 3.63) is 17.6 Å². The molecule has 0 bridgehead atoms. The van der Waals surface area contributed by atoms with Crippen LogP contribution in [0, 0.1) is 12.8 Å². The van der Waals surface area contributed by atoms with Gasteiger partial charge in [0.2, 0.25) is 0 Å². The van der Waals surface area contributed by atoms with Gasteiger partial charge in [0.15, 0.2) is 0 Å². The van der Waals surface area contributed by atoms with Crippen LogP contribution >= 0.6 is 0 Å². The summed E-state index contributed by atoms with van der Waals surface area (Å²) < 4.78 is 0. The smallest absolute Gasteiger partial charge is 0.144 e. The summed E-state index contributed by atoms with van der Waals surface area (Å²) in [5.74, 6) is 2.17. The van der Waals surface area contributed by atoms with Gasteiger partial charge in [0.25, 0.3) is 0 Å². The van der Waals surface area contributed by atoms with Crippen molar-refractivity contribution < 1.29 is 5.11 Å². The van der Waals surface area contributed by atoms with Crippen LogP contribution in [0.15, 0.2) is 6.07 Å². The van der Waals surface area contributed by atoms with Crippen molar-refractivity contribution in [3.63, 3.8) is 0 Å². The van der Waals surface area contributed by atoms with Gasteiger partial charge in [-0.25, -0.2) is 9.97 Å². The number of anilines is 1. The monoisotopic (exact) mass is 278 g/mol. The lowest BCUT2D eigenvalue weighted by Gasteiger charge is -2.17. The third kappa shape index (κ3) is 4.15. The van der Waals surface area contributed by atoms with Crippen molar-refractivity contribution in [2.45, 2.75) is 46.3 Å². The van der Waals surface area contributed by atoms with Gasteiger partial charge in [0.1, 0.15) is 11.6 Å². The number of aryl methyl sites for hydroxylation is 1. The third-order valence-electron chi connectivity index (χ3n) is 3.81. The zero-order chi connectivity index (χ0) is 14.5. The zero-order valence-electron chi connectivity index (χ0n) is 12.8. The summed E-state index contributed by atoms with van der Waals surface area (Å²) in [5.41, 5.74) is 1.000. The molecular formula is C15H26N4O. The number of aliphatic hydroxyl groups excluding tert-OH is 1. The Morgan fingerprint density at radius 3 is 2.95 bits per heavy atom. The molecule has 2 heterocycles. The van der Waals surface area contributed by atoms with Crippen LogP contribution in [0.4, 0.5) is 5.82 Å². The summed E-state index contributed by atoms with van der Waals surface area (Å²) in [4.78, 5) is 11.4. The Morgan fingerprint density at radius 1 is 1.50 bits per heavy atom. The van der Waals surface area contributed by atoms with Crippen LogP contribution in [0.25, 0.3) is 0 Å². The summed E-state index contributed by atoms with van der Waals surface area (Å²) in [6.07, 6.45) is 1.92. The van der Waals surface area contributed by atoms with E-state index in [1.54, 1.807) is 0 Å². The molecule has 1 aliphatic rings. The Labute approximate surface area is 121 Å². The fourth-order valence-corrected chi connectivity index (χ4v) is 2.64. The molecule has 0 spiro atoms. The summed E-state index contributed by atoms with van der Waals surface area (Å²) in [7, 11) is 0. The van der Waals surface area contributed by atoms with E-state index in [1.165, 1.54) is 0 Å². The Kier molecular flexibility index (Phi) is 5.31. The molecule has 1 saturated heterocycles. The molecule has 5 nitrogen and oxygen atoms in total. The van der Waals surface area contributed by atoms with Gasteiger partial charge < -0.3 is 10.4 Å². The fraction of sp³-hybridized carbons (Fsp3) is 0.733. The molecule has 112 valence electrons. The molecule has 1 fully saturated rings. The molecule has 1 aromatic heterocycles. The molecule has 5 heteroatoms. The van der Waals surface area contributed by atoms with E-state index in [9.17, 15) is 5.11 Å².